The van der Waals surface area contributed by atoms with Gasteiger partial charge in [-0.2, -0.15) is 0 Å². The van der Waals surface area contributed by atoms with Gasteiger partial charge in [0, 0.05) is 30.9 Å². The van der Waals surface area contributed by atoms with Crippen molar-refractivity contribution in [3.05, 3.63) is 18.7 Å². The third-order valence-corrected chi connectivity index (χ3v) is 2.93. The van der Waals surface area contributed by atoms with E-state index in [0.29, 0.717) is 12.5 Å². The molecule has 1 aromatic heterocycles. The SMILES string of the molecule is CCCC(CC(=O)NC1CC1)n1ccnc1. The summed E-state index contributed by atoms with van der Waals surface area (Å²) < 4.78 is 2.04. The van der Waals surface area contributed by atoms with Crippen molar-refractivity contribution < 1.29 is 4.79 Å². The third kappa shape index (κ3) is 3.08. The van der Waals surface area contributed by atoms with E-state index in [9.17, 15) is 4.79 Å². The van der Waals surface area contributed by atoms with Crippen LogP contribution in [0.2, 0.25) is 0 Å². The molecule has 1 atom stereocenters. The molecule has 4 heteroatoms. The van der Waals surface area contributed by atoms with Gasteiger partial charge in [0.05, 0.1) is 6.33 Å². The van der Waals surface area contributed by atoms with Gasteiger partial charge in [-0.25, -0.2) is 4.98 Å². The van der Waals surface area contributed by atoms with Crippen molar-refractivity contribution in [1.29, 1.82) is 0 Å². The fourth-order valence-corrected chi connectivity index (χ4v) is 1.90. The predicted molar refractivity (Wildman–Crippen MR) is 62.0 cm³/mol. The molecule has 1 fully saturated rings. The van der Waals surface area contributed by atoms with E-state index in [1.807, 2.05) is 10.8 Å². The van der Waals surface area contributed by atoms with Gasteiger partial charge in [0.15, 0.2) is 0 Å². The first-order chi connectivity index (χ1) is 7.79. The summed E-state index contributed by atoms with van der Waals surface area (Å²) >= 11 is 0. The van der Waals surface area contributed by atoms with Gasteiger partial charge in [-0.15, -0.1) is 0 Å². The number of nitrogens with one attached hydrogen (secondary N) is 1. The Hall–Kier alpha value is -1.32. The van der Waals surface area contributed by atoms with Crippen molar-refractivity contribution in [2.45, 2.75) is 51.1 Å². The Morgan fingerprint density at radius 3 is 3.00 bits per heavy atom. The van der Waals surface area contributed by atoms with Crippen LogP contribution in [0, 0.1) is 0 Å². The Kier molecular flexibility index (Phi) is 3.59. The number of hydrogen-bond donors (Lipinski definition) is 1. The van der Waals surface area contributed by atoms with Gasteiger partial charge >= 0.3 is 0 Å². The van der Waals surface area contributed by atoms with Crippen LogP contribution in [0.25, 0.3) is 0 Å². The minimum atomic E-state index is 0.176. The van der Waals surface area contributed by atoms with Gasteiger partial charge in [0.25, 0.3) is 0 Å². The lowest BCUT2D eigenvalue weighted by Gasteiger charge is -2.17. The minimum Gasteiger partial charge on any atom is -0.353 e. The zero-order valence-electron chi connectivity index (χ0n) is 9.72. The van der Waals surface area contributed by atoms with E-state index in [2.05, 4.69) is 17.2 Å². The molecule has 2 rings (SSSR count). The molecular formula is C12H19N3O. The number of imidazole rings is 1. The van der Waals surface area contributed by atoms with Crippen LogP contribution in [-0.2, 0) is 4.79 Å². The van der Waals surface area contributed by atoms with E-state index in [0.717, 1.165) is 25.7 Å². The van der Waals surface area contributed by atoms with Crippen molar-refractivity contribution in [2.75, 3.05) is 0 Å². The summed E-state index contributed by atoms with van der Waals surface area (Å²) in [5, 5.41) is 3.03. The lowest BCUT2D eigenvalue weighted by molar-refractivity contribution is -0.122. The van der Waals surface area contributed by atoms with E-state index >= 15 is 0 Å². The van der Waals surface area contributed by atoms with Crippen LogP contribution in [-0.4, -0.2) is 21.5 Å². The van der Waals surface area contributed by atoms with Gasteiger partial charge in [-0.1, -0.05) is 13.3 Å². The normalized spacial score (nSPS) is 17.1. The number of nitrogens with zero attached hydrogens (tertiary/aromatic N) is 2. The first-order valence-electron chi connectivity index (χ1n) is 6.06. The number of rotatable bonds is 6. The van der Waals surface area contributed by atoms with Crippen LogP contribution >= 0.6 is 0 Å². The highest BCUT2D eigenvalue weighted by molar-refractivity contribution is 5.77. The maximum atomic E-state index is 11.7. The predicted octanol–water partition coefficient (Wildman–Crippen LogP) is 1.89. The molecule has 1 heterocycles. The molecule has 0 saturated heterocycles. The molecule has 4 nitrogen and oxygen atoms in total. The highest BCUT2D eigenvalue weighted by Crippen LogP contribution is 2.21. The minimum absolute atomic E-state index is 0.176. The number of amides is 1. The first kappa shape index (κ1) is 11.2. The molecule has 1 aliphatic rings. The van der Waals surface area contributed by atoms with Gasteiger partial charge < -0.3 is 9.88 Å². The van der Waals surface area contributed by atoms with Crippen LogP contribution in [0.3, 0.4) is 0 Å². The molecule has 0 spiro atoms. The van der Waals surface area contributed by atoms with Gasteiger partial charge in [0.2, 0.25) is 5.91 Å². The van der Waals surface area contributed by atoms with Crippen molar-refractivity contribution in [1.82, 2.24) is 14.9 Å². The summed E-state index contributed by atoms with van der Waals surface area (Å²) in [6, 6.07) is 0.712. The zero-order valence-corrected chi connectivity index (χ0v) is 9.72. The summed E-state index contributed by atoms with van der Waals surface area (Å²) in [5.41, 5.74) is 0. The fraction of sp³-hybridized carbons (Fsp3) is 0.667. The lowest BCUT2D eigenvalue weighted by Crippen LogP contribution is -2.28. The molecule has 0 aliphatic heterocycles. The van der Waals surface area contributed by atoms with E-state index < -0.39 is 0 Å². The largest absolute Gasteiger partial charge is 0.353 e. The average Bonchev–Trinajstić information content (AvgIpc) is 2.90. The van der Waals surface area contributed by atoms with Crippen molar-refractivity contribution >= 4 is 5.91 Å². The van der Waals surface area contributed by atoms with E-state index in [1.54, 1.807) is 12.5 Å². The molecule has 1 amide bonds. The molecule has 1 aromatic rings. The topological polar surface area (TPSA) is 46.9 Å². The molecule has 0 radical (unpaired) electrons. The van der Waals surface area contributed by atoms with Crippen molar-refractivity contribution in [3.8, 4) is 0 Å². The van der Waals surface area contributed by atoms with Crippen molar-refractivity contribution in [2.24, 2.45) is 0 Å². The molecule has 1 N–H and O–H groups in total. The Morgan fingerprint density at radius 1 is 1.62 bits per heavy atom. The molecule has 0 bridgehead atoms. The molecule has 1 aliphatic carbocycles. The van der Waals surface area contributed by atoms with Crippen LogP contribution in [0.4, 0.5) is 0 Å². The standard InChI is InChI=1S/C12H19N3O/c1-2-3-11(15-7-6-13-9-15)8-12(16)14-10-4-5-10/h6-7,9-11H,2-5,8H2,1H3,(H,14,16). The van der Waals surface area contributed by atoms with E-state index in [1.165, 1.54) is 0 Å². The monoisotopic (exact) mass is 221 g/mol. The van der Waals surface area contributed by atoms with Gasteiger partial charge in [-0.05, 0) is 19.3 Å². The second kappa shape index (κ2) is 5.14. The van der Waals surface area contributed by atoms with Gasteiger partial charge in [-0.3, -0.25) is 4.79 Å². The molecular weight excluding hydrogens is 202 g/mol. The van der Waals surface area contributed by atoms with Crippen LogP contribution in [0.1, 0.15) is 45.1 Å². The summed E-state index contributed by atoms with van der Waals surface area (Å²) in [6.45, 7) is 2.14. The zero-order chi connectivity index (χ0) is 11.4. The molecule has 1 saturated carbocycles. The third-order valence-electron chi connectivity index (χ3n) is 2.93. The number of carbonyl (C=O) groups is 1. The Balaban J connectivity index is 1.88. The summed E-state index contributed by atoms with van der Waals surface area (Å²) in [7, 11) is 0. The smallest absolute Gasteiger partial charge is 0.222 e. The van der Waals surface area contributed by atoms with Crippen LogP contribution in [0.5, 0.6) is 0 Å². The molecule has 88 valence electrons. The number of hydrogen-bond acceptors (Lipinski definition) is 2. The summed E-state index contributed by atoms with van der Waals surface area (Å²) in [4.78, 5) is 15.8. The Labute approximate surface area is 96.1 Å². The van der Waals surface area contributed by atoms with Crippen LogP contribution in [0.15, 0.2) is 18.7 Å². The van der Waals surface area contributed by atoms with E-state index in [-0.39, 0.29) is 11.9 Å². The van der Waals surface area contributed by atoms with Crippen molar-refractivity contribution in [3.63, 3.8) is 0 Å². The van der Waals surface area contributed by atoms with Crippen LogP contribution < -0.4 is 5.32 Å². The number of aromatic nitrogens is 2. The first-order valence-corrected chi connectivity index (χ1v) is 6.06. The second-order valence-electron chi connectivity index (χ2n) is 4.50. The Bertz CT molecular complexity index is 330. The molecule has 16 heavy (non-hydrogen) atoms. The highest BCUT2D eigenvalue weighted by atomic mass is 16.1. The molecule has 0 aromatic carbocycles. The summed E-state index contributed by atoms with van der Waals surface area (Å²) in [6.07, 6.45) is 10.5. The second-order valence-corrected chi connectivity index (χ2v) is 4.50. The molecule has 1 unspecified atom stereocenters. The fourth-order valence-electron chi connectivity index (χ4n) is 1.90. The maximum Gasteiger partial charge on any atom is 0.222 e. The number of carbonyl (C=O) groups excluding carboxylic acids is 1. The maximum absolute atomic E-state index is 11.7. The quantitative estimate of drug-likeness (QED) is 0.797. The summed E-state index contributed by atoms with van der Waals surface area (Å²) in [5.74, 6) is 0.176. The lowest BCUT2D eigenvalue weighted by atomic mass is 10.1. The highest BCUT2D eigenvalue weighted by Gasteiger charge is 2.24. The van der Waals surface area contributed by atoms with Gasteiger partial charge in [0.1, 0.15) is 0 Å². The Morgan fingerprint density at radius 2 is 2.44 bits per heavy atom. The average molecular weight is 221 g/mol. The van der Waals surface area contributed by atoms with E-state index in [4.69, 9.17) is 0 Å².